The van der Waals surface area contributed by atoms with Crippen LogP contribution in [0.2, 0.25) is 0 Å². The molecule has 3 rings (SSSR count). The third kappa shape index (κ3) is 1.76. The van der Waals surface area contributed by atoms with Crippen LogP contribution in [0, 0.1) is 5.92 Å². The number of nitrogen functional groups attached to an aromatic ring is 1. The number of pyridine rings is 1. The molecule has 2 unspecified atom stereocenters. The Morgan fingerprint density at radius 1 is 1.65 bits per heavy atom. The lowest BCUT2D eigenvalue weighted by Crippen LogP contribution is -2.26. The van der Waals surface area contributed by atoms with Crippen LogP contribution in [0.4, 0.5) is 5.69 Å². The highest BCUT2D eigenvalue weighted by Crippen LogP contribution is 2.34. The standard InChI is InChI=1S/C12H13N3OS/c1-6-4-8(6)15-12(16)11-10(13)7-2-3-14-5-9(7)17-11/h2-3,5-6,8H,4,13H2,1H3,(H,15,16). The number of nitrogens with zero attached hydrogens (tertiary/aromatic N) is 1. The van der Waals surface area contributed by atoms with E-state index in [0.29, 0.717) is 22.5 Å². The number of anilines is 1. The van der Waals surface area contributed by atoms with E-state index in [1.165, 1.54) is 11.3 Å². The van der Waals surface area contributed by atoms with E-state index in [1.807, 2.05) is 6.07 Å². The maximum absolute atomic E-state index is 12.0. The third-order valence-electron chi connectivity index (χ3n) is 3.16. The minimum atomic E-state index is -0.0574. The van der Waals surface area contributed by atoms with Crippen molar-refractivity contribution in [3.63, 3.8) is 0 Å². The zero-order chi connectivity index (χ0) is 12.0. The molecule has 5 heteroatoms. The van der Waals surface area contributed by atoms with Gasteiger partial charge in [-0.05, 0) is 18.4 Å². The first-order valence-corrected chi connectivity index (χ1v) is 6.41. The number of rotatable bonds is 2. The summed E-state index contributed by atoms with van der Waals surface area (Å²) >= 11 is 1.40. The normalized spacial score (nSPS) is 22.6. The minimum Gasteiger partial charge on any atom is -0.397 e. The van der Waals surface area contributed by atoms with Crippen molar-refractivity contribution in [1.29, 1.82) is 0 Å². The molecule has 4 nitrogen and oxygen atoms in total. The van der Waals surface area contributed by atoms with Crippen LogP contribution in [-0.4, -0.2) is 16.9 Å². The molecule has 0 saturated heterocycles. The van der Waals surface area contributed by atoms with Crippen molar-refractivity contribution in [2.45, 2.75) is 19.4 Å². The highest BCUT2D eigenvalue weighted by molar-refractivity contribution is 7.21. The van der Waals surface area contributed by atoms with Gasteiger partial charge in [0.25, 0.3) is 5.91 Å². The molecule has 2 heterocycles. The summed E-state index contributed by atoms with van der Waals surface area (Å²) < 4.78 is 0.957. The number of nitrogens with one attached hydrogen (secondary N) is 1. The second-order valence-electron chi connectivity index (χ2n) is 4.51. The molecular weight excluding hydrogens is 234 g/mol. The smallest absolute Gasteiger partial charge is 0.263 e. The molecule has 1 fully saturated rings. The number of amides is 1. The molecule has 0 radical (unpaired) electrons. The van der Waals surface area contributed by atoms with Gasteiger partial charge in [-0.15, -0.1) is 11.3 Å². The number of carbonyl (C=O) groups excluding carboxylic acids is 1. The molecule has 3 N–H and O–H groups in total. The van der Waals surface area contributed by atoms with Gasteiger partial charge in [-0.3, -0.25) is 9.78 Å². The van der Waals surface area contributed by atoms with Crippen LogP contribution >= 0.6 is 11.3 Å². The molecular formula is C12H13N3OS. The third-order valence-corrected chi connectivity index (χ3v) is 4.32. The van der Waals surface area contributed by atoms with Gasteiger partial charge in [-0.2, -0.15) is 0 Å². The summed E-state index contributed by atoms with van der Waals surface area (Å²) in [6.07, 6.45) is 4.50. The van der Waals surface area contributed by atoms with E-state index in [0.717, 1.165) is 16.5 Å². The molecule has 2 aromatic rings. The number of thiophene rings is 1. The van der Waals surface area contributed by atoms with Gasteiger partial charge >= 0.3 is 0 Å². The first kappa shape index (κ1) is 10.5. The van der Waals surface area contributed by atoms with Crippen molar-refractivity contribution in [2.24, 2.45) is 5.92 Å². The van der Waals surface area contributed by atoms with E-state index in [-0.39, 0.29) is 5.91 Å². The minimum absolute atomic E-state index is 0.0574. The zero-order valence-corrected chi connectivity index (χ0v) is 10.3. The van der Waals surface area contributed by atoms with Crippen molar-refractivity contribution < 1.29 is 4.79 Å². The number of hydrogen-bond donors (Lipinski definition) is 2. The summed E-state index contributed by atoms with van der Waals surface area (Å²) in [5, 5.41) is 3.91. The van der Waals surface area contributed by atoms with Crippen molar-refractivity contribution in [3.05, 3.63) is 23.3 Å². The van der Waals surface area contributed by atoms with E-state index in [1.54, 1.807) is 12.4 Å². The molecule has 88 valence electrons. The van der Waals surface area contributed by atoms with Gasteiger partial charge in [-0.25, -0.2) is 0 Å². The highest BCUT2D eigenvalue weighted by atomic mass is 32.1. The van der Waals surface area contributed by atoms with Gasteiger partial charge in [0.15, 0.2) is 0 Å². The fraction of sp³-hybridized carbons (Fsp3) is 0.333. The van der Waals surface area contributed by atoms with Crippen LogP contribution in [0.5, 0.6) is 0 Å². The van der Waals surface area contributed by atoms with Gasteiger partial charge in [0.05, 0.1) is 10.4 Å². The van der Waals surface area contributed by atoms with Crippen molar-refractivity contribution >= 4 is 33.0 Å². The predicted molar refractivity (Wildman–Crippen MR) is 69.1 cm³/mol. The van der Waals surface area contributed by atoms with Gasteiger partial charge in [0.2, 0.25) is 0 Å². The molecule has 1 aliphatic carbocycles. The van der Waals surface area contributed by atoms with Gasteiger partial charge < -0.3 is 11.1 Å². The van der Waals surface area contributed by atoms with E-state index in [4.69, 9.17) is 5.73 Å². The Labute approximate surface area is 103 Å². The number of fused-ring (bicyclic) bond motifs is 1. The Kier molecular flexibility index (Phi) is 2.29. The Balaban J connectivity index is 1.94. The molecule has 17 heavy (non-hydrogen) atoms. The van der Waals surface area contributed by atoms with Gasteiger partial charge in [0, 0.05) is 23.8 Å². The topological polar surface area (TPSA) is 68.0 Å². The van der Waals surface area contributed by atoms with Crippen LogP contribution in [0.15, 0.2) is 18.5 Å². The molecule has 0 bridgehead atoms. The fourth-order valence-corrected chi connectivity index (χ4v) is 2.89. The molecule has 1 amide bonds. The Hall–Kier alpha value is -1.62. The molecule has 2 atom stereocenters. The summed E-state index contributed by atoms with van der Waals surface area (Å²) in [6.45, 7) is 2.13. The Bertz CT molecular complexity index is 592. The monoisotopic (exact) mass is 247 g/mol. The number of hydrogen-bond acceptors (Lipinski definition) is 4. The Morgan fingerprint density at radius 2 is 2.41 bits per heavy atom. The largest absolute Gasteiger partial charge is 0.397 e. The van der Waals surface area contributed by atoms with E-state index in [9.17, 15) is 4.79 Å². The van der Waals surface area contributed by atoms with Crippen LogP contribution < -0.4 is 11.1 Å². The van der Waals surface area contributed by atoms with Crippen LogP contribution in [0.25, 0.3) is 10.1 Å². The van der Waals surface area contributed by atoms with Gasteiger partial charge in [-0.1, -0.05) is 6.92 Å². The molecule has 2 aromatic heterocycles. The zero-order valence-electron chi connectivity index (χ0n) is 9.43. The summed E-state index contributed by atoms with van der Waals surface area (Å²) in [5.74, 6) is 0.536. The average molecular weight is 247 g/mol. The maximum atomic E-state index is 12.0. The lowest BCUT2D eigenvalue weighted by atomic mass is 10.2. The van der Waals surface area contributed by atoms with Crippen molar-refractivity contribution in [1.82, 2.24) is 10.3 Å². The highest BCUT2D eigenvalue weighted by Gasteiger charge is 2.34. The second kappa shape index (κ2) is 3.70. The number of carbonyl (C=O) groups is 1. The van der Waals surface area contributed by atoms with Gasteiger partial charge in [0.1, 0.15) is 4.88 Å². The number of aromatic nitrogens is 1. The van der Waals surface area contributed by atoms with Crippen LogP contribution in [0.1, 0.15) is 23.0 Å². The molecule has 0 spiro atoms. The van der Waals surface area contributed by atoms with Crippen molar-refractivity contribution in [3.8, 4) is 0 Å². The van der Waals surface area contributed by atoms with E-state index >= 15 is 0 Å². The van der Waals surface area contributed by atoms with Crippen LogP contribution in [-0.2, 0) is 0 Å². The SMILES string of the molecule is CC1CC1NC(=O)c1sc2cnccc2c1N. The molecule has 1 aliphatic rings. The summed E-state index contributed by atoms with van der Waals surface area (Å²) in [4.78, 5) is 16.7. The number of nitrogens with two attached hydrogens (primary N) is 1. The summed E-state index contributed by atoms with van der Waals surface area (Å²) in [5.41, 5.74) is 6.56. The first-order chi connectivity index (χ1) is 8.16. The van der Waals surface area contributed by atoms with E-state index in [2.05, 4.69) is 17.2 Å². The van der Waals surface area contributed by atoms with Crippen LogP contribution in [0.3, 0.4) is 0 Å². The second-order valence-corrected chi connectivity index (χ2v) is 5.56. The van der Waals surface area contributed by atoms with E-state index < -0.39 is 0 Å². The molecule has 0 aliphatic heterocycles. The summed E-state index contributed by atoms with van der Waals surface area (Å²) in [7, 11) is 0. The lowest BCUT2D eigenvalue weighted by Gasteiger charge is -2.01. The van der Waals surface area contributed by atoms with Crippen molar-refractivity contribution in [2.75, 3.05) is 5.73 Å². The molecule has 1 saturated carbocycles. The Morgan fingerprint density at radius 3 is 3.06 bits per heavy atom. The average Bonchev–Trinajstić information content (AvgIpc) is 2.89. The maximum Gasteiger partial charge on any atom is 0.263 e. The quantitative estimate of drug-likeness (QED) is 0.853. The fourth-order valence-electron chi connectivity index (χ4n) is 1.90. The first-order valence-electron chi connectivity index (χ1n) is 5.59. The molecule has 0 aromatic carbocycles. The summed E-state index contributed by atoms with van der Waals surface area (Å²) in [6, 6.07) is 2.17. The predicted octanol–water partition coefficient (Wildman–Crippen LogP) is 2.02. The lowest BCUT2D eigenvalue weighted by molar-refractivity contribution is 0.0954.